The number of aliphatic imine (C=N–C) groups is 1. The van der Waals surface area contributed by atoms with E-state index in [1.165, 1.54) is 11.8 Å². The Balaban J connectivity index is 1.85. The summed E-state index contributed by atoms with van der Waals surface area (Å²) in [5, 5.41) is 1.73. The molecule has 31 heavy (non-hydrogen) atoms. The number of carbonyl (C=O) groups excluding carboxylic acids is 1. The summed E-state index contributed by atoms with van der Waals surface area (Å²) in [5.41, 5.74) is 1.75. The monoisotopic (exact) mass is 590 g/mol. The molecule has 1 saturated heterocycles. The molecule has 0 aliphatic carbocycles. The number of amidine groups is 1. The second-order valence-corrected chi connectivity index (χ2v) is 9.47. The van der Waals surface area contributed by atoms with E-state index < -0.39 is 0 Å². The van der Waals surface area contributed by atoms with Gasteiger partial charge in [0.1, 0.15) is 6.61 Å². The maximum Gasteiger partial charge on any atom is 0.266 e. The van der Waals surface area contributed by atoms with Crippen molar-refractivity contribution in [1.82, 2.24) is 4.90 Å². The highest BCUT2D eigenvalue weighted by atomic mass is 127. The molecule has 2 aromatic carbocycles. The van der Waals surface area contributed by atoms with Crippen LogP contribution in [-0.4, -0.2) is 36.2 Å². The average Bonchev–Trinajstić information content (AvgIpc) is 3.03. The molecule has 0 saturated carbocycles. The minimum absolute atomic E-state index is 0.0337. The summed E-state index contributed by atoms with van der Waals surface area (Å²) in [4.78, 5) is 19.5. The molecular weight excluding hydrogens is 570 g/mol. The zero-order chi connectivity index (χ0) is 22.5. The number of benzene rings is 2. The first-order chi connectivity index (χ1) is 14.9. The van der Waals surface area contributed by atoms with Crippen LogP contribution in [0.5, 0.6) is 11.5 Å². The van der Waals surface area contributed by atoms with Crippen LogP contribution in [0, 0.1) is 3.57 Å². The number of ether oxygens (including phenoxy) is 2. The van der Waals surface area contributed by atoms with Gasteiger partial charge in [0.2, 0.25) is 0 Å². The molecular formula is C22H21Cl2IN2O3S. The molecule has 1 aliphatic heterocycles. The molecule has 0 bridgehead atoms. The smallest absolute Gasteiger partial charge is 0.266 e. The molecule has 0 N–H and O–H groups in total. The molecule has 1 amide bonds. The van der Waals surface area contributed by atoms with Crippen LogP contribution >= 0.6 is 57.6 Å². The first kappa shape index (κ1) is 24.2. The lowest BCUT2D eigenvalue weighted by Gasteiger charge is -2.14. The van der Waals surface area contributed by atoms with Gasteiger partial charge in [-0.2, -0.15) is 0 Å². The molecule has 0 spiro atoms. The van der Waals surface area contributed by atoms with Gasteiger partial charge in [-0.15, -0.1) is 0 Å². The minimum Gasteiger partial charge on any atom is -0.493 e. The van der Waals surface area contributed by atoms with Gasteiger partial charge >= 0.3 is 0 Å². The van der Waals surface area contributed by atoms with Gasteiger partial charge in [-0.05, 0) is 89.7 Å². The molecule has 1 fully saturated rings. The molecule has 1 heterocycles. The van der Waals surface area contributed by atoms with Crippen LogP contribution in [0.15, 0.2) is 40.2 Å². The molecule has 0 unspecified atom stereocenters. The van der Waals surface area contributed by atoms with Crippen molar-refractivity contribution < 1.29 is 14.3 Å². The number of thioether (sulfide) groups is 1. The molecule has 0 radical (unpaired) electrons. The maximum absolute atomic E-state index is 12.7. The van der Waals surface area contributed by atoms with E-state index >= 15 is 0 Å². The van der Waals surface area contributed by atoms with Crippen molar-refractivity contribution in [3.8, 4) is 11.5 Å². The van der Waals surface area contributed by atoms with Crippen molar-refractivity contribution in [3.05, 3.63) is 60.0 Å². The number of likely N-dealkylation sites (N-methyl/N-ethyl adjacent to an activating group) is 1. The summed E-state index contributed by atoms with van der Waals surface area (Å²) in [6.45, 7) is 5.44. The Morgan fingerprint density at radius 1 is 1.19 bits per heavy atom. The maximum atomic E-state index is 12.7. The summed E-state index contributed by atoms with van der Waals surface area (Å²) in [7, 11) is 1.59. The highest BCUT2D eigenvalue weighted by molar-refractivity contribution is 14.1. The lowest BCUT2D eigenvalue weighted by atomic mass is 10.1. The van der Waals surface area contributed by atoms with E-state index in [1.807, 2.05) is 38.1 Å². The van der Waals surface area contributed by atoms with Gasteiger partial charge in [0, 0.05) is 13.1 Å². The number of hydrogen-bond donors (Lipinski definition) is 0. The topological polar surface area (TPSA) is 51.1 Å². The molecule has 0 atom stereocenters. The van der Waals surface area contributed by atoms with Crippen molar-refractivity contribution in [3.63, 3.8) is 0 Å². The first-order valence-corrected chi connectivity index (χ1v) is 12.2. The van der Waals surface area contributed by atoms with Crippen molar-refractivity contribution in [1.29, 1.82) is 0 Å². The van der Waals surface area contributed by atoms with E-state index in [-0.39, 0.29) is 5.91 Å². The van der Waals surface area contributed by atoms with Gasteiger partial charge in [-0.25, -0.2) is 0 Å². The zero-order valence-electron chi connectivity index (χ0n) is 17.2. The Hall–Kier alpha value is -1.42. The van der Waals surface area contributed by atoms with E-state index in [4.69, 9.17) is 32.7 Å². The number of halogens is 3. The third kappa shape index (κ3) is 5.69. The van der Waals surface area contributed by atoms with Crippen molar-refractivity contribution in [2.75, 3.05) is 20.2 Å². The fourth-order valence-corrected chi connectivity index (χ4v) is 5.15. The van der Waals surface area contributed by atoms with Crippen molar-refractivity contribution >= 4 is 74.7 Å². The van der Waals surface area contributed by atoms with Gasteiger partial charge in [0.15, 0.2) is 16.7 Å². The molecule has 0 aromatic heterocycles. The Labute approximate surface area is 209 Å². The van der Waals surface area contributed by atoms with Crippen molar-refractivity contribution in [2.24, 2.45) is 4.99 Å². The highest BCUT2D eigenvalue weighted by Gasteiger charge is 2.31. The Bertz CT molecular complexity index is 1060. The predicted octanol–water partition coefficient (Wildman–Crippen LogP) is 6.50. The second-order valence-electron chi connectivity index (χ2n) is 6.49. The Morgan fingerprint density at radius 3 is 2.61 bits per heavy atom. The highest BCUT2D eigenvalue weighted by Crippen LogP contribution is 2.38. The number of methoxy groups -OCH3 is 1. The van der Waals surface area contributed by atoms with E-state index in [1.54, 1.807) is 24.1 Å². The number of nitrogens with zero attached hydrogens (tertiary/aromatic N) is 2. The third-order valence-corrected chi connectivity index (χ3v) is 7.00. The quantitative estimate of drug-likeness (QED) is 0.273. The molecule has 2 aromatic rings. The van der Waals surface area contributed by atoms with Crippen LogP contribution in [0.2, 0.25) is 10.0 Å². The minimum atomic E-state index is -0.0337. The van der Waals surface area contributed by atoms with E-state index in [9.17, 15) is 4.79 Å². The van der Waals surface area contributed by atoms with Gasteiger partial charge in [-0.1, -0.05) is 29.3 Å². The zero-order valence-corrected chi connectivity index (χ0v) is 21.7. The summed E-state index contributed by atoms with van der Waals surface area (Å²) < 4.78 is 12.4. The average molecular weight is 591 g/mol. The molecule has 3 rings (SSSR count). The molecule has 9 heteroatoms. The largest absolute Gasteiger partial charge is 0.493 e. The van der Waals surface area contributed by atoms with E-state index in [0.29, 0.717) is 46.1 Å². The SMILES string of the molecule is CCN=C1S/C(=C\c2cc(I)c(OCc3ccc(Cl)c(Cl)c3)c(OC)c2)C(=O)N1CC. The Kier molecular flexibility index (Phi) is 8.55. The first-order valence-electron chi connectivity index (χ1n) is 9.58. The second kappa shape index (κ2) is 10.9. The lowest BCUT2D eigenvalue weighted by Crippen LogP contribution is -2.28. The van der Waals surface area contributed by atoms with Gasteiger partial charge in [-0.3, -0.25) is 14.7 Å². The summed E-state index contributed by atoms with van der Waals surface area (Å²) >= 11 is 15.7. The van der Waals surface area contributed by atoms with Crippen LogP contribution in [0.25, 0.3) is 6.08 Å². The van der Waals surface area contributed by atoms with Gasteiger partial charge < -0.3 is 9.47 Å². The van der Waals surface area contributed by atoms with Crippen molar-refractivity contribution in [2.45, 2.75) is 20.5 Å². The van der Waals surface area contributed by atoms with E-state index in [0.717, 1.165) is 19.9 Å². The summed E-state index contributed by atoms with van der Waals surface area (Å²) in [5.74, 6) is 1.18. The molecule has 164 valence electrons. The summed E-state index contributed by atoms with van der Waals surface area (Å²) in [6, 6.07) is 9.20. The number of hydrogen-bond acceptors (Lipinski definition) is 5. The van der Waals surface area contributed by atoms with Crippen LogP contribution in [0.4, 0.5) is 0 Å². The van der Waals surface area contributed by atoms with E-state index in [2.05, 4.69) is 27.6 Å². The molecule has 5 nitrogen and oxygen atoms in total. The van der Waals surface area contributed by atoms with Crippen LogP contribution in [0.1, 0.15) is 25.0 Å². The predicted molar refractivity (Wildman–Crippen MR) is 137 cm³/mol. The van der Waals surface area contributed by atoms with Crippen LogP contribution < -0.4 is 9.47 Å². The fraction of sp³-hybridized carbons (Fsp3) is 0.273. The summed E-state index contributed by atoms with van der Waals surface area (Å²) in [6.07, 6.45) is 1.86. The number of rotatable bonds is 7. The van der Waals surface area contributed by atoms with Crippen LogP contribution in [-0.2, 0) is 11.4 Å². The van der Waals surface area contributed by atoms with Gasteiger partial charge in [0.05, 0.1) is 25.6 Å². The third-order valence-electron chi connectivity index (χ3n) is 4.41. The standard InChI is InChI=1S/C22H21Cl2IN2O3S/c1-4-26-22-27(5-2)21(28)19(31-22)11-14-9-17(25)20(18(10-14)29-3)30-12-13-6-7-15(23)16(24)8-13/h6-11H,4-5,12H2,1-3H3/b19-11-,26-22?. The van der Waals surface area contributed by atoms with Gasteiger partial charge in [0.25, 0.3) is 5.91 Å². The molecule has 1 aliphatic rings. The Morgan fingerprint density at radius 2 is 1.97 bits per heavy atom. The number of amides is 1. The normalized spacial score (nSPS) is 16.5. The van der Waals surface area contributed by atoms with Crippen LogP contribution in [0.3, 0.4) is 0 Å². The fourth-order valence-electron chi connectivity index (χ4n) is 2.94. The lowest BCUT2D eigenvalue weighted by molar-refractivity contribution is -0.122. The number of carbonyl (C=O) groups is 1.